The lowest BCUT2D eigenvalue weighted by Crippen LogP contribution is -2.29. The van der Waals surface area contributed by atoms with E-state index in [9.17, 15) is 4.79 Å². The predicted octanol–water partition coefficient (Wildman–Crippen LogP) is 2.45. The summed E-state index contributed by atoms with van der Waals surface area (Å²) in [5.74, 6) is 0.179. The van der Waals surface area contributed by atoms with Crippen LogP contribution in [0.2, 0.25) is 0 Å². The summed E-state index contributed by atoms with van der Waals surface area (Å²) >= 11 is 0. The van der Waals surface area contributed by atoms with Crippen LogP contribution in [0.3, 0.4) is 0 Å². The minimum atomic E-state index is -0.408. The fraction of sp³-hybridized carbons (Fsp3) is 0.308. The quantitative estimate of drug-likeness (QED) is 0.736. The first kappa shape index (κ1) is 10.1. The molecule has 0 aliphatic heterocycles. The fourth-order valence-corrected chi connectivity index (χ4v) is 1.95. The van der Waals surface area contributed by atoms with Crippen LogP contribution < -0.4 is 0 Å². The van der Waals surface area contributed by atoms with Gasteiger partial charge in [-0.3, -0.25) is 4.79 Å². The lowest BCUT2D eigenvalue weighted by Gasteiger charge is -2.31. The van der Waals surface area contributed by atoms with E-state index >= 15 is 0 Å². The summed E-state index contributed by atoms with van der Waals surface area (Å²) < 4.78 is 5.57. The molecule has 2 rings (SSSR count). The van der Waals surface area contributed by atoms with E-state index in [2.05, 4.69) is 0 Å². The number of carbonyl (C=O) groups excluding carboxylic acids is 1. The maximum absolute atomic E-state index is 11.2. The standard InChI is InChI=1S/C13H14O2/c1-15-13(9-7-12(14)8-10-13)11-5-3-2-4-6-11/h2-7,9H,8,10H2,1H3/t13-/m0/s1. The average molecular weight is 202 g/mol. The summed E-state index contributed by atoms with van der Waals surface area (Å²) in [5.41, 5.74) is 0.700. The molecule has 1 aromatic carbocycles. The van der Waals surface area contributed by atoms with Gasteiger partial charge in [-0.05, 0) is 24.1 Å². The van der Waals surface area contributed by atoms with Crippen molar-refractivity contribution in [3.05, 3.63) is 48.0 Å². The van der Waals surface area contributed by atoms with Crippen LogP contribution in [0.4, 0.5) is 0 Å². The van der Waals surface area contributed by atoms with Crippen molar-refractivity contribution in [1.29, 1.82) is 0 Å². The Morgan fingerprint density at radius 2 is 2.00 bits per heavy atom. The highest BCUT2D eigenvalue weighted by molar-refractivity contribution is 5.90. The Bertz CT molecular complexity index is 381. The monoisotopic (exact) mass is 202 g/mol. The van der Waals surface area contributed by atoms with E-state index in [-0.39, 0.29) is 5.78 Å². The molecular weight excluding hydrogens is 188 g/mol. The third-order valence-electron chi connectivity index (χ3n) is 2.91. The van der Waals surface area contributed by atoms with Crippen LogP contribution in [0.1, 0.15) is 18.4 Å². The van der Waals surface area contributed by atoms with Crippen LogP contribution >= 0.6 is 0 Å². The van der Waals surface area contributed by atoms with Gasteiger partial charge in [0, 0.05) is 13.5 Å². The van der Waals surface area contributed by atoms with Crippen LogP contribution in [0.25, 0.3) is 0 Å². The molecule has 0 saturated carbocycles. The zero-order valence-electron chi connectivity index (χ0n) is 8.77. The normalized spacial score (nSPS) is 25.5. The number of benzene rings is 1. The Kier molecular flexibility index (Phi) is 2.69. The third kappa shape index (κ3) is 1.85. The lowest BCUT2D eigenvalue weighted by molar-refractivity contribution is -0.117. The molecule has 2 heteroatoms. The molecule has 0 unspecified atom stereocenters. The SMILES string of the molecule is CO[C@@]1(c2ccccc2)C=CC(=O)CC1. The van der Waals surface area contributed by atoms with Gasteiger partial charge in [0.05, 0.1) is 0 Å². The van der Waals surface area contributed by atoms with Gasteiger partial charge in [-0.1, -0.05) is 30.3 Å². The van der Waals surface area contributed by atoms with Gasteiger partial charge in [0.2, 0.25) is 0 Å². The molecule has 78 valence electrons. The van der Waals surface area contributed by atoms with Gasteiger partial charge in [0.1, 0.15) is 5.60 Å². The van der Waals surface area contributed by atoms with Crippen LogP contribution in [-0.4, -0.2) is 12.9 Å². The molecule has 0 spiro atoms. The number of rotatable bonds is 2. The maximum atomic E-state index is 11.2. The van der Waals surface area contributed by atoms with Crippen molar-refractivity contribution in [3.63, 3.8) is 0 Å². The number of ether oxygens (including phenoxy) is 1. The number of carbonyl (C=O) groups is 1. The first-order valence-corrected chi connectivity index (χ1v) is 5.09. The van der Waals surface area contributed by atoms with Crippen LogP contribution in [0, 0.1) is 0 Å². The molecular formula is C13H14O2. The first-order valence-electron chi connectivity index (χ1n) is 5.09. The summed E-state index contributed by atoms with van der Waals surface area (Å²) in [5, 5.41) is 0. The zero-order valence-corrected chi connectivity index (χ0v) is 8.77. The molecule has 2 nitrogen and oxygen atoms in total. The lowest BCUT2D eigenvalue weighted by atomic mass is 9.84. The fourth-order valence-electron chi connectivity index (χ4n) is 1.95. The molecule has 1 aliphatic carbocycles. The second kappa shape index (κ2) is 3.99. The van der Waals surface area contributed by atoms with Crippen molar-refractivity contribution >= 4 is 5.78 Å². The third-order valence-corrected chi connectivity index (χ3v) is 2.91. The zero-order chi connectivity index (χ0) is 10.7. The molecule has 1 aliphatic rings. The molecule has 0 aromatic heterocycles. The molecule has 1 atom stereocenters. The van der Waals surface area contributed by atoms with E-state index in [4.69, 9.17) is 4.74 Å². The van der Waals surface area contributed by atoms with E-state index in [1.807, 2.05) is 36.4 Å². The van der Waals surface area contributed by atoms with Crippen LogP contribution in [0.15, 0.2) is 42.5 Å². The summed E-state index contributed by atoms with van der Waals surface area (Å²) in [6.07, 6.45) is 4.77. The predicted molar refractivity (Wildman–Crippen MR) is 58.5 cm³/mol. The van der Waals surface area contributed by atoms with Gasteiger partial charge >= 0.3 is 0 Å². The van der Waals surface area contributed by atoms with Gasteiger partial charge in [0.25, 0.3) is 0 Å². The minimum absolute atomic E-state index is 0.179. The highest BCUT2D eigenvalue weighted by Gasteiger charge is 2.32. The van der Waals surface area contributed by atoms with Crippen LogP contribution in [0.5, 0.6) is 0 Å². The highest BCUT2D eigenvalue weighted by Crippen LogP contribution is 2.34. The van der Waals surface area contributed by atoms with E-state index in [0.717, 1.165) is 12.0 Å². The first-order chi connectivity index (χ1) is 7.27. The van der Waals surface area contributed by atoms with E-state index < -0.39 is 5.60 Å². The average Bonchev–Trinajstić information content (AvgIpc) is 2.32. The van der Waals surface area contributed by atoms with Gasteiger partial charge in [-0.2, -0.15) is 0 Å². The summed E-state index contributed by atoms with van der Waals surface area (Å²) in [6, 6.07) is 10.0. The molecule has 0 radical (unpaired) electrons. The van der Waals surface area contributed by atoms with Gasteiger partial charge < -0.3 is 4.74 Å². The van der Waals surface area contributed by atoms with Crippen molar-refractivity contribution in [3.8, 4) is 0 Å². The van der Waals surface area contributed by atoms with E-state index in [1.54, 1.807) is 13.2 Å². The van der Waals surface area contributed by atoms with E-state index in [0.29, 0.717) is 6.42 Å². The van der Waals surface area contributed by atoms with Crippen LogP contribution in [-0.2, 0) is 15.1 Å². The Hall–Kier alpha value is -1.41. The number of allylic oxidation sites excluding steroid dienone is 1. The minimum Gasteiger partial charge on any atom is -0.369 e. The number of ketones is 1. The Balaban J connectivity index is 2.39. The topological polar surface area (TPSA) is 26.3 Å². The van der Waals surface area contributed by atoms with Gasteiger partial charge in [-0.25, -0.2) is 0 Å². The van der Waals surface area contributed by atoms with Crippen molar-refractivity contribution in [2.75, 3.05) is 7.11 Å². The summed E-state index contributed by atoms with van der Waals surface area (Å²) in [6.45, 7) is 0. The number of hydrogen-bond acceptors (Lipinski definition) is 2. The Morgan fingerprint density at radius 3 is 2.53 bits per heavy atom. The van der Waals surface area contributed by atoms with Gasteiger partial charge in [-0.15, -0.1) is 0 Å². The van der Waals surface area contributed by atoms with Gasteiger partial charge in [0.15, 0.2) is 5.78 Å². The molecule has 0 bridgehead atoms. The second-order valence-corrected chi connectivity index (χ2v) is 3.76. The molecule has 0 saturated heterocycles. The van der Waals surface area contributed by atoms with Crippen molar-refractivity contribution in [2.24, 2.45) is 0 Å². The van der Waals surface area contributed by atoms with Crippen molar-refractivity contribution in [1.82, 2.24) is 0 Å². The molecule has 0 amide bonds. The number of hydrogen-bond donors (Lipinski definition) is 0. The van der Waals surface area contributed by atoms with Crippen molar-refractivity contribution in [2.45, 2.75) is 18.4 Å². The number of methoxy groups -OCH3 is 1. The molecule has 0 heterocycles. The Morgan fingerprint density at radius 1 is 1.27 bits per heavy atom. The second-order valence-electron chi connectivity index (χ2n) is 3.76. The van der Waals surface area contributed by atoms with Crippen molar-refractivity contribution < 1.29 is 9.53 Å². The summed E-state index contributed by atoms with van der Waals surface area (Å²) in [4.78, 5) is 11.2. The smallest absolute Gasteiger partial charge is 0.155 e. The summed E-state index contributed by atoms with van der Waals surface area (Å²) in [7, 11) is 1.69. The molecule has 1 aromatic rings. The van der Waals surface area contributed by atoms with E-state index in [1.165, 1.54) is 0 Å². The maximum Gasteiger partial charge on any atom is 0.155 e. The Labute approximate surface area is 89.6 Å². The molecule has 0 N–H and O–H groups in total. The largest absolute Gasteiger partial charge is 0.369 e. The highest BCUT2D eigenvalue weighted by atomic mass is 16.5. The molecule has 0 fully saturated rings. The molecule has 15 heavy (non-hydrogen) atoms.